The second-order valence-electron chi connectivity index (χ2n) is 4.63. The first-order valence-electron chi connectivity index (χ1n) is 5.87. The Morgan fingerprint density at radius 2 is 1.67 bits per heavy atom. The van der Waals surface area contributed by atoms with Crippen LogP contribution in [0.3, 0.4) is 0 Å². The number of nitrogen functional groups attached to an aromatic ring is 1. The molecule has 0 aliphatic rings. The molecule has 0 aromatic heterocycles. The Labute approximate surface area is 116 Å². The molecule has 0 fully saturated rings. The minimum absolute atomic E-state index is 0.799. The minimum Gasteiger partial charge on any atom is -0.398 e. The summed E-state index contributed by atoms with van der Waals surface area (Å²) in [4.78, 5) is 0. The van der Waals surface area contributed by atoms with Gasteiger partial charge in [0.05, 0.1) is 5.69 Å². The Bertz CT molecular complexity index is 591. The van der Waals surface area contributed by atoms with Crippen LogP contribution in [0, 0.1) is 20.8 Å². The van der Waals surface area contributed by atoms with Crippen LogP contribution < -0.4 is 11.1 Å². The maximum Gasteiger partial charge on any atom is 0.0532 e. The summed E-state index contributed by atoms with van der Waals surface area (Å²) in [6.07, 6.45) is 0. The Balaban J connectivity index is 2.40. The zero-order chi connectivity index (χ0) is 13.3. The molecule has 0 atom stereocenters. The second kappa shape index (κ2) is 5.02. The van der Waals surface area contributed by atoms with Crippen LogP contribution in [0.1, 0.15) is 16.7 Å². The first-order chi connectivity index (χ1) is 8.47. The van der Waals surface area contributed by atoms with Crippen LogP contribution in [0.15, 0.2) is 34.8 Å². The molecule has 18 heavy (non-hydrogen) atoms. The largest absolute Gasteiger partial charge is 0.398 e. The van der Waals surface area contributed by atoms with Gasteiger partial charge in [-0.15, -0.1) is 0 Å². The standard InChI is InChI=1S/C15H17BrN2/c1-9-4-5-10(2)14(6-9)18-15-7-11(3)13(17)8-12(15)16/h4-8,18H,17H2,1-3H3. The van der Waals surface area contributed by atoms with Crippen molar-refractivity contribution in [3.63, 3.8) is 0 Å². The lowest BCUT2D eigenvalue weighted by Gasteiger charge is -2.14. The van der Waals surface area contributed by atoms with Crippen LogP contribution in [0.25, 0.3) is 0 Å². The molecule has 0 radical (unpaired) electrons. The molecule has 0 saturated heterocycles. The molecule has 0 unspecified atom stereocenters. The molecular formula is C15H17BrN2. The average molecular weight is 305 g/mol. The van der Waals surface area contributed by atoms with Gasteiger partial charge in [-0.2, -0.15) is 0 Å². The number of hydrogen-bond donors (Lipinski definition) is 2. The van der Waals surface area contributed by atoms with Gasteiger partial charge in [-0.05, 0) is 71.6 Å². The molecule has 0 aliphatic carbocycles. The highest BCUT2D eigenvalue weighted by Crippen LogP contribution is 2.31. The lowest BCUT2D eigenvalue weighted by molar-refractivity contribution is 1.36. The van der Waals surface area contributed by atoms with E-state index in [-0.39, 0.29) is 0 Å². The highest BCUT2D eigenvalue weighted by molar-refractivity contribution is 9.10. The van der Waals surface area contributed by atoms with Crippen LogP contribution >= 0.6 is 15.9 Å². The van der Waals surface area contributed by atoms with Crippen molar-refractivity contribution in [1.82, 2.24) is 0 Å². The Hall–Kier alpha value is -1.48. The van der Waals surface area contributed by atoms with E-state index in [2.05, 4.69) is 59.4 Å². The fourth-order valence-corrected chi connectivity index (χ4v) is 2.27. The smallest absolute Gasteiger partial charge is 0.0532 e. The Kier molecular flexibility index (Phi) is 3.62. The van der Waals surface area contributed by atoms with Gasteiger partial charge in [0.15, 0.2) is 0 Å². The summed E-state index contributed by atoms with van der Waals surface area (Å²) < 4.78 is 0.978. The molecule has 0 amide bonds. The van der Waals surface area contributed by atoms with E-state index in [0.717, 1.165) is 27.1 Å². The molecule has 0 bridgehead atoms. The van der Waals surface area contributed by atoms with Crippen molar-refractivity contribution in [1.29, 1.82) is 0 Å². The highest BCUT2D eigenvalue weighted by atomic mass is 79.9. The molecule has 94 valence electrons. The molecular weight excluding hydrogens is 288 g/mol. The third kappa shape index (κ3) is 2.67. The second-order valence-corrected chi connectivity index (χ2v) is 5.49. The summed E-state index contributed by atoms with van der Waals surface area (Å²) in [5.41, 5.74) is 12.4. The minimum atomic E-state index is 0.799. The Morgan fingerprint density at radius 3 is 2.39 bits per heavy atom. The van der Waals surface area contributed by atoms with Gasteiger partial charge in [0.2, 0.25) is 0 Å². The molecule has 0 aliphatic heterocycles. The topological polar surface area (TPSA) is 38.0 Å². The van der Waals surface area contributed by atoms with Crippen molar-refractivity contribution in [2.45, 2.75) is 20.8 Å². The average Bonchev–Trinajstić information content (AvgIpc) is 2.30. The number of nitrogens with one attached hydrogen (secondary N) is 1. The highest BCUT2D eigenvalue weighted by Gasteiger charge is 2.05. The fraction of sp³-hybridized carbons (Fsp3) is 0.200. The van der Waals surface area contributed by atoms with Gasteiger partial charge < -0.3 is 11.1 Å². The zero-order valence-electron chi connectivity index (χ0n) is 10.8. The third-order valence-corrected chi connectivity index (χ3v) is 3.67. The summed E-state index contributed by atoms with van der Waals surface area (Å²) >= 11 is 3.54. The van der Waals surface area contributed by atoms with Gasteiger partial charge in [0, 0.05) is 15.8 Å². The SMILES string of the molecule is Cc1ccc(C)c(Nc2cc(C)c(N)cc2Br)c1. The van der Waals surface area contributed by atoms with Crippen molar-refractivity contribution in [2.24, 2.45) is 0 Å². The zero-order valence-corrected chi connectivity index (χ0v) is 12.4. The van der Waals surface area contributed by atoms with E-state index in [1.54, 1.807) is 0 Å². The van der Waals surface area contributed by atoms with Crippen molar-refractivity contribution in [3.8, 4) is 0 Å². The van der Waals surface area contributed by atoms with E-state index in [0.29, 0.717) is 0 Å². The normalized spacial score (nSPS) is 10.4. The molecule has 0 heterocycles. The van der Waals surface area contributed by atoms with Gasteiger partial charge >= 0.3 is 0 Å². The molecule has 0 spiro atoms. The predicted octanol–water partition coefficient (Wildman–Crippen LogP) is 4.70. The van der Waals surface area contributed by atoms with Crippen LogP contribution in [-0.4, -0.2) is 0 Å². The van der Waals surface area contributed by atoms with E-state index < -0.39 is 0 Å². The fourth-order valence-electron chi connectivity index (χ4n) is 1.81. The van der Waals surface area contributed by atoms with Crippen LogP contribution in [0.2, 0.25) is 0 Å². The Morgan fingerprint density at radius 1 is 0.944 bits per heavy atom. The molecule has 0 saturated carbocycles. The van der Waals surface area contributed by atoms with Gasteiger partial charge in [-0.25, -0.2) is 0 Å². The maximum absolute atomic E-state index is 5.88. The van der Waals surface area contributed by atoms with E-state index in [4.69, 9.17) is 5.73 Å². The van der Waals surface area contributed by atoms with Crippen molar-refractivity contribution in [3.05, 3.63) is 51.5 Å². The summed E-state index contributed by atoms with van der Waals surface area (Å²) in [5, 5.41) is 3.45. The number of benzene rings is 2. The van der Waals surface area contributed by atoms with E-state index in [9.17, 15) is 0 Å². The molecule has 3 heteroatoms. The lowest BCUT2D eigenvalue weighted by Crippen LogP contribution is -1.97. The van der Waals surface area contributed by atoms with Crippen LogP contribution in [0.5, 0.6) is 0 Å². The maximum atomic E-state index is 5.88. The molecule has 2 aromatic rings. The van der Waals surface area contributed by atoms with Crippen molar-refractivity contribution >= 4 is 33.0 Å². The summed E-state index contributed by atoms with van der Waals surface area (Å²) in [5.74, 6) is 0. The number of hydrogen-bond acceptors (Lipinski definition) is 2. The first kappa shape index (κ1) is 13.0. The number of halogens is 1. The van der Waals surface area contributed by atoms with E-state index in [1.807, 2.05) is 13.0 Å². The summed E-state index contributed by atoms with van der Waals surface area (Å²) in [6, 6.07) is 10.4. The van der Waals surface area contributed by atoms with Crippen LogP contribution in [-0.2, 0) is 0 Å². The third-order valence-electron chi connectivity index (χ3n) is 3.02. The van der Waals surface area contributed by atoms with Gasteiger partial charge in [-0.3, -0.25) is 0 Å². The van der Waals surface area contributed by atoms with Gasteiger partial charge in [0.25, 0.3) is 0 Å². The van der Waals surface area contributed by atoms with Crippen LogP contribution in [0.4, 0.5) is 17.1 Å². The number of rotatable bonds is 2. The lowest BCUT2D eigenvalue weighted by atomic mass is 10.1. The van der Waals surface area contributed by atoms with E-state index >= 15 is 0 Å². The number of nitrogens with two attached hydrogens (primary N) is 1. The van der Waals surface area contributed by atoms with E-state index in [1.165, 1.54) is 11.1 Å². The van der Waals surface area contributed by atoms with Gasteiger partial charge in [0.1, 0.15) is 0 Å². The number of aryl methyl sites for hydroxylation is 3. The quantitative estimate of drug-likeness (QED) is 0.789. The molecule has 2 aromatic carbocycles. The first-order valence-corrected chi connectivity index (χ1v) is 6.66. The monoisotopic (exact) mass is 304 g/mol. The predicted molar refractivity (Wildman–Crippen MR) is 82.5 cm³/mol. The van der Waals surface area contributed by atoms with Crippen molar-refractivity contribution < 1.29 is 0 Å². The van der Waals surface area contributed by atoms with Gasteiger partial charge in [-0.1, -0.05) is 12.1 Å². The molecule has 3 N–H and O–H groups in total. The molecule has 2 nitrogen and oxygen atoms in total. The van der Waals surface area contributed by atoms with Crippen molar-refractivity contribution in [2.75, 3.05) is 11.1 Å². The number of anilines is 3. The summed E-state index contributed by atoms with van der Waals surface area (Å²) in [6.45, 7) is 6.20. The molecule has 2 rings (SSSR count). The summed E-state index contributed by atoms with van der Waals surface area (Å²) in [7, 11) is 0.